The van der Waals surface area contributed by atoms with E-state index in [1.54, 1.807) is 23.4 Å². The van der Waals surface area contributed by atoms with Crippen molar-refractivity contribution in [1.29, 1.82) is 0 Å². The molecule has 9 heteroatoms. The molecule has 1 fully saturated rings. The molecule has 0 saturated carbocycles. The smallest absolute Gasteiger partial charge is 0.321 e. The maximum atomic E-state index is 12.0. The predicted octanol–water partition coefficient (Wildman–Crippen LogP) is 1.13. The molecule has 0 unspecified atom stereocenters. The van der Waals surface area contributed by atoms with E-state index in [4.69, 9.17) is 0 Å². The number of amides is 2. The van der Waals surface area contributed by atoms with Gasteiger partial charge in [-0.15, -0.1) is 5.10 Å². The molecule has 0 aliphatic carbocycles. The van der Waals surface area contributed by atoms with Crippen LogP contribution in [0.15, 0.2) is 24.8 Å². The summed E-state index contributed by atoms with van der Waals surface area (Å²) in [6, 6.07) is 1.53. The lowest BCUT2D eigenvalue weighted by molar-refractivity contribution is 0.249. The quantitative estimate of drug-likeness (QED) is 0.852. The number of nitrogens with one attached hydrogen (secondary N) is 2. The lowest BCUT2D eigenvalue weighted by Crippen LogP contribution is -2.42. The first-order valence-electron chi connectivity index (χ1n) is 8.21. The van der Waals surface area contributed by atoms with E-state index in [0.717, 1.165) is 38.4 Å². The van der Waals surface area contributed by atoms with Gasteiger partial charge in [0.1, 0.15) is 6.33 Å². The van der Waals surface area contributed by atoms with Crippen LogP contribution >= 0.6 is 0 Å². The average molecular weight is 330 g/mol. The number of anilines is 2. The van der Waals surface area contributed by atoms with Crippen molar-refractivity contribution in [2.24, 2.45) is 5.92 Å². The summed E-state index contributed by atoms with van der Waals surface area (Å²) in [7, 11) is 0. The number of carbonyl (C=O) groups is 1. The largest absolute Gasteiger partial charge is 0.340 e. The molecule has 0 bridgehead atoms. The Morgan fingerprint density at radius 3 is 2.92 bits per heavy atom. The van der Waals surface area contributed by atoms with Gasteiger partial charge in [0.25, 0.3) is 0 Å². The number of aromatic nitrogens is 5. The number of aryl methyl sites for hydroxylation is 1. The summed E-state index contributed by atoms with van der Waals surface area (Å²) in [4.78, 5) is 26.7. The summed E-state index contributed by atoms with van der Waals surface area (Å²) in [5.74, 6) is 1.44. The second-order valence-corrected chi connectivity index (χ2v) is 5.76. The maximum absolute atomic E-state index is 12.0. The van der Waals surface area contributed by atoms with Crippen molar-refractivity contribution < 1.29 is 4.79 Å². The van der Waals surface area contributed by atoms with E-state index in [2.05, 4.69) is 35.6 Å². The Balaban J connectivity index is 1.46. The van der Waals surface area contributed by atoms with Crippen LogP contribution in [-0.2, 0) is 6.54 Å². The summed E-state index contributed by atoms with van der Waals surface area (Å²) < 4.78 is 1.66. The van der Waals surface area contributed by atoms with Gasteiger partial charge in [-0.25, -0.2) is 19.7 Å². The van der Waals surface area contributed by atoms with Gasteiger partial charge in [-0.1, -0.05) is 0 Å². The highest BCUT2D eigenvalue weighted by Crippen LogP contribution is 2.19. The molecule has 2 aromatic rings. The zero-order valence-electron chi connectivity index (χ0n) is 13.7. The Kier molecular flexibility index (Phi) is 5.19. The molecule has 0 spiro atoms. The monoisotopic (exact) mass is 330 g/mol. The SMILES string of the molecule is CCn1cnc(NC(=O)NC[C@H]2CCCN(c3ncccn3)C2)n1. The minimum absolute atomic E-state index is 0.281. The number of urea groups is 1. The van der Waals surface area contributed by atoms with Crippen LogP contribution in [0.25, 0.3) is 0 Å². The van der Waals surface area contributed by atoms with E-state index in [0.29, 0.717) is 18.4 Å². The van der Waals surface area contributed by atoms with Crippen molar-refractivity contribution in [1.82, 2.24) is 30.0 Å². The van der Waals surface area contributed by atoms with Crippen molar-refractivity contribution in [2.45, 2.75) is 26.3 Å². The van der Waals surface area contributed by atoms with Crippen LogP contribution in [0.1, 0.15) is 19.8 Å². The van der Waals surface area contributed by atoms with E-state index in [1.165, 1.54) is 0 Å². The van der Waals surface area contributed by atoms with Gasteiger partial charge >= 0.3 is 6.03 Å². The normalized spacial score (nSPS) is 17.5. The topological polar surface area (TPSA) is 101 Å². The minimum atomic E-state index is -0.281. The average Bonchev–Trinajstić information content (AvgIpc) is 3.08. The van der Waals surface area contributed by atoms with Gasteiger partial charge in [0.2, 0.25) is 11.9 Å². The number of carbonyl (C=O) groups excluding carboxylic acids is 1. The van der Waals surface area contributed by atoms with Crippen molar-refractivity contribution in [3.63, 3.8) is 0 Å². The molecule has 2 aromatic heterocycles. The molecule has 3 rings (SSSR count). The molecule has 9 nitrogen and oxygen atoms in total. The van der Waals surface area contributed by atoms with Crippen LogP contribution in [0, 0.1) is 5.92 Å². The van der Waals surface area contributed by atoms with Gasteiger partial charge < -0.3 is 10.2 Å². The first-order valence-corrected chi connectivity index (χ1v) is 8.21. The third-order valence-corrected chi connectivity index (χ3v) is 3.99. The van der Waals surface area contributed by atoms with Crippen molar-refractivity contribution in [3.05, 3.63) is 24.8 Å². The standard InChI is InChI=1S/C15H22N8O/c1-2-23-11-19-13(21-23)20-15(24)18-9-12-5-3-8-22(10-12)14-16-6-4-7-17-14/h4,6-7,11-12H,2-3,5,8-10H2,1H3,(H2,18,20,21,24)/t12-/m1/s1. The van der Waals surface area contributed by atoms with Crippen LogP contribution in [0.5, 0.6) is 0 Å². The molecule has 128 valence electrons. The van der Waals surface area contributed by atoms with E-state index in [1.807, 2.05) is 13.0 Å². The summed E-state index contributed by atoms with van der Waals surface area (Å²) in [6.07, 6.45) is 7.23. The molecule has 1 saturated heterocycles. The highest BCUT2D eigenvalue weighted by Gasteiger charge is 2.22. The van der Waals surface area contributed by atoms with E-state index < -0.39 is 0 Å². The fourth-order valence-corrected chi connectivity index (χ4v) is 2.75. The predicted molar refractivity (Wildman–Crippen MR) is 89.7 cm³/mol. The second kappa shape index (κ2) is 7.71. The van der Waals surface area contributed by atoms with E-state index in [-0.39, 0.29) is 6.03 Å². The van der Waals surface area contributed by atoms with Gasteiger partial charge in [-0.3, -0.25) is 10.00 Å². The molecule has 1 aliphatic rings. The number of piperidine rings is 1. The van der Waals surface area contributed by atoms with Crippen molar-refractivity contribution >= 4 is 17.9 Å². The number of rotatable bonds is 5. The van der Waals surface area contributed by atoms with Gasteiger partial charge in [-0.05, 0) is 31.7 Å². The van der Waals surface area contributed by atoms with Gasteiger partial charge in [0.05, 0.1) is 0 Å². The van der Waals surface area contributed by atoms with E-state index >= 15 is 0 Å². The Morgan fingerprint density at radius 2 is 2.17 bits per heavy atom. The Morgan fingerprint density at radius 1 is 1.33 bits per heavy atom. The van der Waals surface area contributed by atoms with E-state index in [9.17, 15) is 4.79 Å². The summed E-state index contributed by atoms with van der Waals surface area (Å²) >= 11 is 0. The second-order valence-electron chi connectivity index (χ2n) is 5.76. The number of hydrogen-bond acceptors (Lipinski definition) is 6. The lowest BCUT2D eigenvalue weighted by atomic mass is 9.98. The van der Waals surface area contributed by atoms with Gasteiger partial charge in [0.15, 0.2) is 0 Å². The maximum Gasteiger partial charge on any atom is 0.321 e. The third-order valence-electron chi connectivity index (χ3n) is 3.99. The number of nitrogens with zero attached hydrogens (tertiary/aromatic N) is 6. The Labute approximate surface area is 140 Å². The molecule has 2 amide bonds. The highest BCUT2D eigenvalue weighted by molar-refractivity contribution is 5.87. The Hall–Kier alpha value is -2.71. The molecular formula is C15H22N8O. The van der Waals surface area contributed by atoms with Crippen LogP contribution < -0.4 is 15.5 Å². The first-order chi connectivity index (χ1) is 11.7. The molecule has 0 aromatic carbocycles. The molecule has 0 radical (unpaired) electrons. The van der Waals surface area contributed by atoms with Crippen LogP contribution in [-0.4, -0.2) is 50.4 Å². The van der Waals surface area contributed by atoms with Crippen molar-refractivity contribution in [2.75, 3.05) is 29.9 Å². The molecule has 1 aliphatic heterocycles. The molecule has 1 atom stereocenters. The summed E-state index contributed by atoms with van der Waals surface area (Å²) in [5, 5.41) is 9.67. The Bertz CT molecular complexity index is 659. The van der Waals surface area contributed by atoms with Crippen LogP contribution in [0.3, 0.4) is 0 Å². The molecule has 24 heavy (non-hydrogen) atoms. The fourth-order valence-electron chi connectivity index (χ4n) is 2.75. The van der Waals surface area contributed by atoms with Crippen molar-refractivity contribution in [3.8, 4) is 0 Å². The molecule has 2 N–H and O–H groups in total. The van der Waals surface area contributed by atoms with Gasteiger partial charge in [-0.2, -0.15) is 0 Å². The molecule has 3 heterocycles. The minimum Gasteiger partial charge on any atom is -0.340 e. The summed E-state index contributed by atoms with van der Waals surface area (Å²) in [6.45, 7) is 5.07. The van der Waals surface area contributed by atoms with Gasteiger partial charge in [0, 0.05) is 38.6 Å². The zero-order chi connectivity index (χ0) is 16.8. The summed E-state index contributed by atoms with van der Waals surface area (Å²) in [5.41, 5.74) is 0. The molecular weight excluding hydrogens is 308 g/mol. The zero-order valence-corrected chi connectivity index (χ0v) is 13.7. The third kappa shape index (κ3) is 4.18. The van der Waals surface area contributed by atoms with Crippen LogP contribution in [0.2, 0.25) is 0 Å². The highest BCUT2D eigenvalue weighted by atomic mass is 16.2. The van der Waals surface area contributed by atoms with Crippen LogP contribution in [0.4, 0.5) is 16.7 Å². The fraction of sp³-hybridized carbons (Fsp3) is 0.533. The first kappa shape index (κ1) is 16.2. The number of hydrogen-bond donors (Lipinski definition) is 2. The lowest BCUT2D eigenvalue weighted by Gasteiger charge is -2.32.